The fourth-order valence-electron chi connectivity index (χ4n) is 3.25. The minimum atomic E-state index is -0.265. The summed E-state index contributed by atoms with van der Waals surface area (Å²) in [6.07, 6.45) is 0.636. The monoisotopic (exact) mass is 499 g/mol. The van der Waals surface area contributed by atoms with Crippen molar-refractivity contribution in [3.8, 4) is 5.75 Å². The molecule has 0 amide bonds. The van der Waals surface area contributed by atoms with Gasteiger partial charge in [-0.25, -0.2) is 4.39 Å². The van der Waals surface area contributed by atoms with Crippen LogP contribution in [0.15, 0.2) is 41.4 Å². The minimum absolute atomic E-state index is 0. The van der Waals surface area contributed by atoms with Gasteiger partial charge in [0, 0.05) is 32.7 Å². The van der Waals surface area contributed by atoms with Crippen molar-refractivity contribution in [2.75, 3.05) is 27.4 Å². The molecule has 1 N–H and O–H groups in total. The topological polar surface area (TPSA) is 46.1 Å². The molecule has 7 heteroatoms. The highest BCUT2D eigenvalue weighted by Crippen LogP contribution is 2.29. The fraction of sp³-hybridized carbons (Fsp3) is 0.381. The summed E-state index contributed by atoms with van der Waals surface area (Å²) < 4.78 is 24.7. The number of aliphatic imine (C=N–C) groups is 1. The van der Waals surface area contributed by atoms with Crippen LogP contribution in [-0.2, 0) is 24.3 Å². The van der Waals surface area contributed by atoms with E-state index in [4.69, 9.17) is 9.47 Å². The Morgan fingerprint density at radius 2 is 2.04 bits per heavy atom. The van der Waals surface area contributed by atoms with Gasteiger partial charge in [0.15, 0.2) is 12.8 Å². The van der Waals surface area contributed by atoms with Crippen LogP contribution in [-0.4, -0.2) is 38.3 Å². The van der Waals surface area contributed by atoms with Gasteiger partial charge in [-0.05, 0) is 42.2 Å². The molecule has 152 valence electrons. The van der Waals surface area contributed by atoms with Crippen molar-refractivity contribution in [3.63, 3.8) is 0 Å². The van der Waals surface area contributed by atoms with Gasteiger partial charge in [0.25, 0.3) is 0 Å². The lowest BCUT2D eigenvalue weighted by molar-refractivity contribution is -0.0172. The Labute approximate surface area is 183 Å². The van der Waals surface area contributed by atoms with Gasteiger partial charge in [0.05, 0.1) is 6.61 Å². The first-order chi connectivity index (χ1) is 13.1. The molecule has 0 bridgehead atoms. The number of nitrogens with one attached hydrogen (secondary N) is 1. The molecule has 5 nitrogen and oxygen atoms in total. The lowest BCUT2D eigenvalue weighted by Gasteiger charge is -2.24. The Balaban J connectivity index is 0.00000280. The van der Waals surface area contributed by atoms with Crippen LogP contribution < -0.4 is 10.1 Å². The van der Waals surface area contributed by atoms with Crippen LogP contribution in [0, 0.1) is 12.7 Å². The van der Waals surface area contributed by atoms with Crippen molar-refractivity contribution in [3.05, 3.63) is 64.5 Å². The average Bonchev–Trinajstić information content (AvgIpc) is 2.66. The summed E-state index contributed by atoms with van der Waals surface area (Å²) in [7, 11) is 3.77. The Morgan fingerprint density at radius 3 is 2.79 bits per heavy atom. The second-order valence-electron chi connectivity index (χ2n) is 6.67. The van der Waals surface area contributed by atoms with E-state index in [1.807, 2.05) is 19.2 Å². The molecule has 1 aliphatic heterocycles. The van der Waals surface area contributed by atoms with Crippen molar-refractivity contribution in [2.45, 2.75) is 26.5 Å². The SMILES string of the molecule is CN=C(NCCc1cc(F)cc2c1OCOC2)N(C)Cc1ccccc1C.I. The number of benzene rings is 2. The highest BCUT2D eigenvalue weighted by atomic mass is 127. The van der Waals surface area contributed by atoms with E-state index >= 15 is 0 Å². The van der Waals surface area contributed by atoms with Gasteiger partial charge >= 0.3 is 0 Å². The van der Waals surface area contributed by atoms with Crippen molar-refractivity contribution >= 4 is 29.9 Å². The second kappa shape index (κ2) is 10.6. The summed E-state index contributed by atoms with van der Waals surface area (Å²) >= 11 is 0. The van der Waals surface area contributed by atoms with E-state index in [9.17, 15) is 4.39 Å². The van der Waals surface area contributed by atoms with Crippen LogP contribution >= 0.6 is 24.0 Å². The van der Waals surface area contributed by atoms with Crippen molar-refractivity contribution in [1.29, 1.82) is 0 Å². The molecule has 2 aromatic rings. The molecule has 1 heterocycles. The molecule has 0 radical (unpaired) electrons. The van der Waals surface area contributed by atoms with E-state index in [1.54, 1.807) is 7.05 Å². The molecule has 1 aliphatic rings. The van der Waals surface area contributed by atoms with Crippen molar-refractivity contribution < 1.29 is 13.9 Å². The van der Waals surface area contributed by atoms with Gasteiger partial charge in [0.2, 0.25) is 0 Å². The lowest BCUT2D eigenvalue weighted by Crippen LogP contribution is -2.39. The van der Waals surface area contributed by atoms with Crippen LogP contribution in [0.2, 0.25) is 0 Å². The number of aryl methyl sites for hydroxylation is 1. The van der Waals surface area contributed by atoms with Gasteiger partial charge in [0.1, 0.15) is 11.6 Å². The first-order valence-electron chi connectivity index (χ1n) is 9.06. The van der Waals surface area contributed by atoms with E-state index in [1.165, 1.54) is 23.3 Å². The molecule has 3 rings (SSSR count). The van der Waals surface area contributed by atoms with Crippen LogP contribution in [0.5, 0.6) is 5.75 Å². The largest absolute Gasteiger partial charge is 0.467 e. The molecule has 0 atom stereocenters. The van der Waals surface area contributed by atoms with Gasteiger partial charge in [-0.3, -0.25) is 4.99 Å². The van der Waals surface area contributed by atoms with Crippen molar-refractivity contribution in [1.82, 2.24) is 10.2 Å². The maximum atomic E-state index is 13.9. The molecule has 0 unspecified atom stereocenters. The normalized spacial score (nSPS) is 13.2. The zero-order valence-electron chi connectivity index (χ0n) is 16.5. The fourth-order valence-corrected chi connectivity index (χ4v) is 3.25. The Kier molecular flexibility index (Phi) is 8.50. The summed E-state index contributed by atoms with van der Waals surface area (Å²) in [6, 6.07) is 11.3. The van der Waals surface area contributed by atoms with Crippen LogP contribution in [0.4, 0.5) is 4.39 Å². The molecule has 28 heavy (non-hydrogen) atoms. The minimum Gasteiger partial charge on any atom is -0.467 e. The first-order valence-corrected chi connectivity index (χ1v) is 9.06. The Morgan fingerprint density at radius 1 is 1.25 bits per heavy atom. The third kappa shape index (κ3) is 5.57. The molecule has 0 saturated heterocycles. The van der Waals surface area contributed by atoms with E-state index in [0.717, 1.165) is 29.4 Å². The molecule has 2 aromatic carbocycles. The number of halogens is 2. The molecular weight excluding hydrogens is 472 g/mol. The number of ether oxygens (including phenoxy) is 2. The van der Waals surface area contributed by atoms with Gasteiger partial charge < -0.3 is 19.7 Å². The van der Waals surface area contributed by atoms with E-state index in [2.05, 4.69) is 34.3 Å². The van der Waals surface area contributed by atoms with E-state index < -0.39 is 0 Å². The van der Waals surface area contributed by atoms with E-state index in [-0.39, 0.29) is 36.6 Å². The molecule has 0 fully saturated rings. The smallest absolute Gasteiger partial charge is 0.193 e. The second-order valence-corrected chi connectivity index (χ2v) is 6.67. The highest BCUT2D eigenvalue weighted by molar-refractivity contribution is 14.0. The van der Waals surface area contributed by atoms with Crippen LogP contribution in [0.25, 0.3) is 0 Å². The quantitative estimate of drug-likeness (QED) is 0.386. The number of guanidine groups is 1. The highest BCUT2D eigenvalue weighted by Gasteiger charge is 2.17. The number of hydrogen-bond acceptors (Lipinski definition) is 3. The summed E-state index contributed by atoms with van der Waals surface area (Å²) in [5, 5.41) is 3.35. The first kappa shape index (κ1) is 22.4. The van der Waals surface area contributed by atoms with Gasteiger partial charge in [-0.15, -0.1) is 24.0 Å². The maximum Gasteiger partial charge on any atom is 0.193 e. The maximum absolute atomic E-state index is 13.9. The summed E-state index contributed by atoms with van der Waals surface area (Å²) in [4.78, 5) is 6.43. The van der Waals surface area contributed by atoms with Crippen molar-refractivity contribution in [2.24, 2.45) is 4.99 Å². The third-order valence-electron chi connectivity index (χ3n) is 4.67. The van der Waals surface area contributed by atoms with Crippen LogP contribution in [0.1, 0.15) is 22.3 Å². The predicted molar refractivity (Wildman–Crippen MR) is 120 cm³/mol. The molecule has 0 saturated carbocycles. The average molecular weight is 499 g/mol. The Bertz CT molecular complexity index is 829. The van der Waals surface area contributed by atoms with Crippen LogP contribution in [0.3, 0.4) is 0 Å². The molecule has 0 aliphatic carbocycles. The number of nitrogens with zero attached hydrogens (tertiary/aromatic N) is 2. The Hall–Kier alpha value is -1.87. The number of rotatable bonds is 5. The predicted octanol–water partition coefficient (Wildman–Crippen LogP) is 3.87. The standard InChI is InChI=1S/C21H26FN3O2.HI/c1-15-6-4-5-7-17(15)12-25(3)21(23-2)24-9-8-16-10-19(22)11-18-13-26-14-27-20(16)18;/h4-7,10-11H,8-9,12-14H2,1-3H3,(H,23,24);1H. The third-order valence-corrected chi connectivity index (χ3v) is 4.67. The summed E-state index contributed by atoms with van der Waals surface area (Å²) in [5.41, 5.74) is 4.12. The van der Waals surface area contributed by atoms with Gasteiger partial charge in [-0.2, -0.15) is 0 Å². The molecule has 0 spiro atoms. The van der Waals surface area contributed by atoms with E-state index in [0.29, 0.717) is 19.6 Å². The molecule has 0 aromatic heterocycles. The number of fused-ring (bicyclic) bond motifs is 1. The number of hydrogen-bond donors (Lipinski definition) is 1. The summed E-state index contributed by atoms with van der Waals surface area (Å²) in [6.45, 7) is 4.09. The zero-order chi connectivity index (χ0) is 19.2. The lowest BCUT2D eigenvalue weighted by atomic mass is 10.1. The van der Waals surface area contributed by atoms with Gasteiger partial charge in [-0.1, -0.05) is 24.3 Å². The summed E-state index contributed by atoms with van der Waals surface area (Å²) in [5.74, 6) is 1.28. The zero-order valence-corrected chi connectivity index (χ0v) is 18.8. The molecular formula is C21H27FIN3O2.